The molecule has 150 valence electrons. The molecule has 1 fully saturated rings. The van der Waals surface area contributed by atoms with Crippen molar-refractivity contribution < 1.29 is 22.7 Å². The Hall–Kier alpha value is -1.90. The van der Waals surface area contributed by atoms with Crippen LogP contribution in [0, 0.1) is 5.92 Å². The molecule has 0 saturated carbocycles. The largest absolute Gasteiger partial charge is 0.493 e. The molecule has 0 radical (unpaired) electrons. The fraction of sp³-hybridized carbons (Fsp3) is 0.550. The van der Waals surface area contributed by atoms with Crippen molar-refractivity contribution >= 4 is 15.9 Å². The van der Waals surface area contributed by atoms with E-state index in [4.69, 9.17) is 9.47 Å². The van der Waals surface area contributed by atoms with Crippen molar-refractivity contribution in [3.05, 3.63) is 34.9 Å². The monoisotopic (exact) mass is 404 g/mol. The summed E-state index contributed by atoms with van der Waals surface area (Å²) in [5.74, 6) is 0.880. The van der Waals surface area contributed by atoms with Crippen LogP contribution in [0.5, 0.6) is 5.75 Å². The molecule has 1 amide bonds. The molecular formula is C20H24N2O5S. The first-order chi connectivity index (χ1) is 13.5. The van der Waals surface area contributed by atoms with Crippen LogP contribution in [0.2, 0.25) is 0 Å². The lowest BCUT2D eigenvalue weighted by Crippen LogP contribution is -2.39. The zero-order chi connectivity index (χ0) is 19.3. The molecule has 4 aliphatic heterocycles. The van der Waals surface area contributed by atoms with Crippen molar-refractivity contribution in [1.82, 2.24) is 9.21 Å². The van der Waals surface area contributed by atoms with Crippen LogP contribution in [-0.2, 0) is 26.0 Å². The van der Waals surface area contributed by atoms with Crippen molar-refractivity contribution in [3.8, 4) is 5.75 Å². The molecule has 1 atom stereocenters. The first-order valence-electron chi connectivity index (χ1n) is 9.84. The molecule has 0 spiro atoms. The molecular weight excluding hydrogens is 380 g/mol. The lowest BCUT2D eigenvalue weighted by molar-refractivity contribution is -0.134. The van der Waals surface area contributed by atoms with E-state index in [2.05, 4.69) is 0 Å². The third kappa shape index (κ3) is 3.03. The van der Waals surface area contributed by atoms with Crippen LogP contribution >= 0.6 is 0 Å². The van der Waals surface area contributed by atoms with E-state index in [1.54, 1.807) is 18.2 Å². The van der Waals surface area contributed by atoms with Gasteiger partial charge in [-0.15, -0.1) is 0 Å². The minimum Gasteiger partial charge on any atom is -0.493 e. The van der Waals surface area contributed by atoms with Crippen LogP contribution in [0.25, 0.3) is 0 Å². The second-order valence-corrected chi connectivity index (χ2v) is 9.89. The molecule has 7 nitrogen and oxygen atoms in total. The number of rotatable bonds is 3. The van der Waals surface area contributed by atoms with Gasteiger partial charge >= 0.3 is 0 Å². The highest BCUT2D eigenvalue weighted by Gasteiger charge is 2.39. The van der Waals surface area contributed by atoms with Crippen LogP contribution in [0.4, 0.5) is 0 Å². The second kappa shape index (κ2) is 6.86. The van der Waals surface area contributed by atoms with E-state index in [-0.39, 0.29) is 11.8 Å². The van der Waals surface area contributed by atoms with Gasteiger partial charge < -0.3 is 14.4 Å². The van der Waals surface area contributed by atoms with E-state index in [0.29, 0.717) is 50.9 Å². The average Bonchev–Trinajstić information content (AvgIpc) is 3.43. The first-order valence-corrected chi connectivity index (χ1v) is 11.3. The molecule has 5 rings (SSSR count). The number of carbonyl (C=O) groups excluding carboxylic acids is 1. The van der Waals surface area contributed by atoms with Crippen LogP contribution in [0.1, 0.15) is 18.4 Å². The van der Waals surface area contributed by atoms with Gasteiger partial charge in [-0.1, -0.05) is 0 Å². The third-order valence-corrected chi connectivity index (χ3v) is 7.89. The zero-order valence-corrected chi connectivity index (χ0v) is 16.5. The lowest BCUT2D eigenvalue weighted by Gasteiger charge is -2.25. The zero-order valence-electron chi connectivity index (χ0n) is 15.7. The molecule has 28 heavy (non-hydrogen) atoms. The van der Waals surface area contributed by atoms with Gasteiger partial charge in [0.15, 0.2) is 0 Å². The lowest BCUT2D eigenvalue weighted by atomic mass is 10.1. The highest BCUT2D eigenvalue weighted by atomic mass is 32.2. The number of hydrogen-bond donors (Lipinski definition) is 0. The maximum atomic E-state index is 13.1. The molecule has 0 bridgehead atoms. The van der Waals surface area contributed by atoms with Gasteiger partial charge in [-0.2, -0.15) is 4.31 Å². The Morgan fingerprint density at radius 3 is 2.57 bits per heavy atom. The van der Waals surface area contributed by atoms with E-state index >= 15 is 0 Å². The third-order valence-electron chi connectivity index (χ3n) is 6.11. The number of nitrogens with zero attached hydrogens (tertiary/aromatic N) is 2. The number of benzene rings is 1. The Balaban J connectivity index is 1.28. The summed E-state index contributed by atoms with van der Waals surface area (Å²) in [6.45, 7) is 3.65. The number of fused-ring (bicyclic) bond motifs is 1. The SMILES string of the molecule is O=C(C1CCOC1)N1CC2=C(C1)CN(S(=O)(=O)c1ccc3c(c1)CCCO3)C2. The maximum absolute atomic E-state index is 13.1. The van der Waals surface area contributed by atoms with Gasteiger partial charge in [0, 0.05) is 32.8 Å². The summed E-state index contributed by atoms with van der Waals surface area (Å²) >= 11 is 0. The fourth-order valence-electron chi connectivity index (χ4n) is 4.51. The standard InChI is InChI=1S/C20H24N2O5S/c23-20(15-5-7-26-13-15)21-9-16-11-22(12-17(16)10-21)28(24,25)18-3-4-19-14(8-18)2-1-6-27-19/h3-4,8,15H,1-2,5-7,9-13H2. The van der Waals surface area contributed by atoms with Crippen molar-refractivity contribution in [1.29, 1.82) is 0 Å². The number of hydrogen-bond acceptors (Lipinski definition) is 5. The van der Waals surface area contributed by atoms with Gasteiger partial charge in [0.25, 0.3) is 0 Å². The van der Waals surface area contributed by atoms with Crippen LogP contribution < -0.4 is 4.74 Å². The number of amides is 1. The molecule has 8 heteroatoms. The first kappa shape index (κ1) is 18.1. The van der Waals surface area contributed by atoms with E-state index in [0.717, 1.165) is 41.7 Å². The van der Waals surface area contributed by atoms with Gasteiger partial charge in [-0.3, -0.25) is 4.79 Å². The molecule has 0 aliphatic carbocycles. The topological polar surface area (TPSA) is 76.2 Å². The summed E-state index contributed by atoms with van der Waals surface area (Å²) in [6.07, 6.45) is 2.53. The Labute approximate surface area is 164 Å². The number of sulfonamides is 1. The molecule has 4 heterocycles. The van der Waals surface area contributed by atoms with Gasteiger partial charge in [0.05, 0.1) is 24.0 Å². The number of ether oxygens (including phenoxy) is 2. The fourth-order valence-corrected chi connectivity index (χ4v) is 5.99. The average molecular weight is 404 g/mol. The maximum Gasteiger partial charge on any atom is 0.243 e. The van der Waals surface area contributed by atoms with Crippen molar-refractivity contribution in [2.24, 2.45) is 5.92 Å². The summed E-state index contributed by atoms with van der Waals surface area (Å²) in [5.41, 5.74) is 3.09. The summed E-state index contributed by atoms with van der Waals surface area (Å²) < 4.78 is 38.7. The Morgan fingerprint density at radius 1 is 1.07 bits per heavy atom. The predicted molar refractivity (Wildman–Crippen MR) is 102 cm³/mol. The summed E-state index contributed by atoms with van der Waals surface area (Å²) in [6, 6.07) is 5.16. The predicted octanol–water partition coefficient (Wildman–Crippen LogP) is 1.19. The minimum absolute atomic E-state index is 0.0439. The quantitative estimate of drug-likeness (QED) is 0.708. The molecule has 0 N–H and O–H groups in total. The van der Waals surface area contributed by atoms with Crippen LogP contribution in [0.15, 0.2) is 34.2 Å². The summed E-state index contributed by atoms with van der Waals surface area (Å²) in [5, 5.41) is 0. The van der Waals surface area contributed by atoms with E-state index in [9.17, 15) is 13.2 Å². The van der Waals surface area contributed by atoms with E-state index < -0.39 is 10.0 Å². The van der Waals surface area contributed by atoms with Gasteiger partial charge in [0.2, 0.25) is 15.9 Å². The Morgan fingerprint density at radius 2 is 1.86 bits per heavy atom. The minimum atomic E-state index is -3.55. The molecule has 4 aliphatic rings. The van der Waals surface area contributed by atoms with Gasteiger partial charge in [0.1, 0.15) is 5.75 Å². The Kier molecular flexibility index (Phi) is 4.45. The van der Waals surface area contributed by atoms with Gasteiger partial charge in [-0.25, -0.2) is 8.42 Å². The van der Waals surface area contributed by atoms with E-state index in [1.165, 1.54) is 4.31 Å². The van der Waals surface area contributed by atoms with E-state index in [1.807, 2.05) is 4.90 Å². The highest BCUT2D eigenvalue weighted by Crippen LogP contribution is 2.33. The van der Waals surface area contributed by atoms with Gasteiger partial charge in [-0.05, 0) is 54.2 Å². The number of carbonyl (C=O) groups is 1. The molecule has 1 unspecified atom stereocenters. The van der Waals surface area contributed by atoms with Crippen molar-refractivity contribution in [2.45, 2.75) is 24.2 Å². The van der Waals surface area contributed by atoms with Crippen molar-refractivity contribution in [2.75, 3.05) is 46.0 Å². The second-order valence-electron chi connectivity index (χ2n) is 7.96. The Bertz CT molecular complexity index is 931. The van der Waals surface area contributed by atoms with Crippen molar-refractivity contribution in [3.63, 3.8) is 0 Å². The van der Waals surface area contributed by atoms with Crippen LogP contribution in [0.3, 0.4) is 0 Å². The molecule has 1 saturated heterocycles. The summed E-state index contributed by atoms with van der Waals surface area (Å²) in [4.78, 5) is 14.8. The molecule has 1 aromatic carbocycles. The number of aryl methyl sites for hydroxylation is 1. The highest BCUT2D eigenvalue weighted by molar-refractivity contribution is 7.89. The normalized spacial score (nSPS) is 25.0. The molecule has 0 aromatic heterocycles. The molecule has 1 aromatic rings. The van der Waals surface area contributed by atoms with Crippen LogP contribution in [-0.4, -0.2) is 69.5 Å². The smallest absolute Gasteiger partial charge is 0.243 e. The summed E-state index contributed by atoms with van der Waals surface area (Å²) in [7, 11) is -3.55.